The highest BCUT2D eigenvalue weighted by Crippen LogP contribution is 2.51. The predicted octanol–water partition coefficient (Wildman–Crippen LogP) is 2.83. The highest BCUT2D eigenvalue weighted by Gasteiger charge is 2.35. The van der Waals surface area contributed by atoms with Crippen LogP contribution in [-0.2, 0) is 9.09 Å². The fourth-order valence-electron chi connectivity index (χ4n) is 0.565. The van der Waals surface area contributed by atoms with E-state index < -0.39 is 30.4 Å². The summed E-state index contributed by atoms with van der Waals surface area (Å²) in [7, 11) is -4.60. The van der Waals surface area contributed by atoms with Crippen molar-refractivity contribution in [2.45, 2.75) is 33.8 Å². The number of hydrogen-bond acceptors (Lipinski definition) is 4. The first kappa shape index (κ1) is 13.5. The van der Waals surface area contributed by atoms with Gasteiger partial charge in [-0.3, -0.25) is 14.6 Å². The third-order valence-corrected chi connectivity index (χ3v) is 3.02. The Balaban J connectivity index is 4.37. The Morgan fingerprint density at radius 1 is 1.57 bits per heavy atom. The molecule has 2 unspecified atom stereocenters. The Kier molecular flexibility index (Phi) is 4.21. The average molecular weight is 227 g/mol. The molecule has 0 rings (SSSR count). The second-order valence-electron chi connectivity index (χ2n) is 4.18. The second-order valence-corrected chi connectivity index (χ2v) is 5.85. The van der Waals surface area contributed by atoms with Crippen LogP contribution in [0.2, 0.25) is 0 Å². The molecule has 0 aliphatic heterocycles. The van der Waals surface area contributed by atoms with Gasteiger partial charge in [-0.05, 0) is 12.3 Å². The van der Waals surface area contributed by atoms with Gasteiger partial charge in [-0.2, -0.15) is 4.20 Å². The van der Waals surface area contributed by atoms with Gasteiger partial charge in [0, 0.05) is 4.92 Å². The summed E-state index contributed by atoms with van der Waals surface area (Å²) in [6, 6.07) is 0. The van der Waals surface area contributed by atoms with Gasteiger partial charge in [0.25, 0.3) is 0 Å². The van der Waals surface area contributed by atoms with Crippen molar-refractivity contribution in [3.05, 3.63) is 10.1 Å². The molecule has 0 aliphatic rings. The number of rotatable bonds is 4. The van der Waals surface area contributed by atoms with Crippen LogP contribution in [-0.4, -0.2) is 17.3 Å². The number of nitrogens with zero attached hydrogens (tertiary/aromatic N) is 1. The van der Waals surface area contributed by atoms with E-state index in [4.69, 9.17) is 0 Å². The lowest BCUT2D eigenvalue weighted by atomic mass is 9.91. The molecule has 0 radical (unpaired) electrons. The summed E-state index contributed by atoms with van der Waals surface area (Å²) < 4.78 is 28.5. The Hall–Kier alpha value is -0.480. The molecule has 0 heterocycles. The van der Waals surface area contributed by atoms with E-state index in [0.717, 1.165) is 0 Å². The Labute approximate surface area is 82.4 Å². The molecule has 0 fully saturated rings. The molecule has 84 valence electrons. The first-order chi connectivity index (χ1) is 6.04. The smallest absolute Gasteiger partial charge is 0.297 e. The van der Waals surface area contributed by atoms with E-state index in [2.05, 4.69) is 4.52 Å². The topological polar surface area (TPSA) is 69.4 Å². The van der Waals surface area contributed by atoms with Crippen LogP contribution < -0.4 is 0 Å². The lowest BCUT2D eigenvalue weighted by Crippen LogP contribution is -2.25. The first-order valence-corrected chi connectivity index (χ1v) is 5.83. The van der Waals surface area contributed by atoms with Crippen LogP contribution >= 0.6 is 7.68 Å². The quantitative estimate of drug-likeness (QED) is 0.420. The zero-order chi connectivity index (χ0) is 11.6. The highest BCUT2D eigenvalue weighted by atomic mass is 31.2. The van der Waals surface area contributed by atoms with Crippen molar-refractivity contribution in [3.8, 4) is 0 Å². The summed E-state index contributed by atoms with van der Waals surface area (Å²) in [6.45, 7) is 6.84. The van der Waals surface area contributed by atoms with Crippen molar-refractivity contribution in [3.63, 3.8) is 0 Å². The molecule has 0 amide bonds. The van der Waals surface area contributed by atoms with Crippen LogP contribution in [0, 0.1) is 15.5 Å². The van der Waals surface area contributed by atoms with Gasteiger partial charge in [0.1, 0.15) is 0 Å². The average Bonchev–Trinajstić information content (AvgIpc) is 1.79. The van der Waals surface area contributed by atoms with Gasteiger partial charge in [-0.25, -0.2) is 4.57 Å². The normalized spacial score (nSPS) is 18.6. The molecule has 0 aromatic carbocycles. The van der Waals surface area contributed by atoms with Crippen molar-refractivity contribution in [1.82, 2.24) is 0 Å². The van der Waals surface area contributed by atoms with Gasteiger partial charge < -0.3 is 0 Å². The molecule has 5 nitrogen and oxygen atoms in total. The minimum absolute atomic E-state index is 0.404. The van der Waals surface area contributed by atoms with E-state index in [1.165, 1.54) is 6.92 Å². The molecule has 0 N–H and O–H groups in total. The number of hydrogen-bond donors (Lipinski definition) is 0. The third-order valence-electron chi connectivity index (χ3n) is 1.82. The van der Waals surface area contributed by atoms with Crippen molar-refractivity contribution >= 4 is 7.68 Å². The molecule has 0 aromatic heterocycles. The zero-order valence-corrected chi connectivity index (χ0v) is 9.58. The fraction of sp³-hybridized carbons (Fsp3) is 1.00. The monoisotopic (exact) mass is 227 g/mol. The highest BCUT2D eigenvalue weighted by molar-refractivity contribution is 7.53. The largest absolute Gasteiger partial charge is 0.436 e. The Morgan fingerprint density at radius 3 is 2.29 bits per heavy atom. The van der Waals surface area contributed by atoms with Gasteiger partial charge in [0.15, 0.2) is 0 Å². The van der Waals surface area contributed by atoms with E-state index in [1.807, 2.05) is 0 Å². The summed E-state index contributed by atoms with van der Waals surface area (Å²) in [6.07, 6.45) is -1.91. The van der Waals surface area contributed by atoms with Crippen molar-refractivity contribution in [2.75, 3.05) is 6.29 Å². The molecule has 0 saturated carbocycles. The van der Waals surface area contributed by atoms with E-state index >= 15 is 0 Å². The van der Waals surface area contributed by atoms with Crippen molar-refractivity contribution in [1.29, 1.82) is 0 Å². The standard InChI is InChI=1S/C7H15FNO4P/c1-6(7(2,3)4)13-14(8,12)5-9(10)11/h6H,5H2,1-4H3. The van der Waals surface area contributed by atoms with Gasteiger partial charge in [0.05, 0.1) is 6.10 Å². The Morgan fingerprint density at radius 2 is 2.00 bits per heavy atom. The summed E-state index contributed by atoms with van der Waals surface area (Å²) in [5.74, 6) is 0. The summed E-state index contributed by atoms with van der Waals surface area (Å²) in [5, 5.41) is 9.96. The molecular formula is C7H15FNO4P. The minimum Gasteiger partial charge on any atom is -0.297 e. The third kappa shape index (κ3) is 5.29. The van der Waals surface area contributed by atoms with Crippen LogP contribution in [0.5, 0.6) is 0 Å². The predicted molar refractivity (Wildman–Crippen MR) is 50.6 cm³/mol. The van der Waals surface area contributed by atoms with Crippen molar-refractivity contribution in [2.24, 2.45) is 5.41 Å². The number of nitro groups is 1. The van der Waals surface area contributed by atoms with Crippen LogP contribution in [0.25, 0.3) is 0 Å². The first-order valence-electron chi connectivity index (χ1n) is 4.13. The maximum atomic E-state index is 13.0. The number of halogens is 1. The summed E-state index contributed by atoms with van der Waals surface area (Å²) in [4.78, 5) is 8.98. The molecule has 7 heteroatoms. The maximum absolute atomic E-state index is 13.0. The molecule has 0 bridgehead atoms. The van der Waals surface area contributed by atoms with Gasteiger partial charge in [-0.15, -0.1) is 0 Å². The van der Waals surface area contributed by atoms with Gasteiger partial charge >= 0.3 is 14.0 Å². The van der Waals surface area contributed by atoms with Crippen LogP contribution in [0.1, 0.15) is 27.7 Å². The molecular weight excluding hydrogens is 212 g/mol. The maximum Gasteiger partial charge on any atom is 0.436 e. The minimum atomic E-state index is -4.60. The second kappa shape index (κ2) is 4.36. The van der Waals surface area contributed by atoms with E-state index in [9.17, 15) is 18.9 Å². The molecule has 0 spiro atoms. The lowest BCUT2D eigenvalue weighted by Gasteiger charge is -2.27. The molecule has 0 aliphatic carbocycles. The van der Waals surface area contributed by atoms with Gasteiger partial charge in [-0.1, -0.05) is 20.8 Å². The fourth-order valence-corrected chi connectivity index (χ4v) is 1.70. The van der Waals surface area contributed by atoms with E-state index in [-0.39, 0.29) is 0 Å². The van der Waals surface area contributed by atoms with Gasteiger partial charge in [0.2, 0.25) is 0 Å². The van der Waals surface area contributed by atoms with E-state index in [0.29, 0.717) is 0 Å². The summed E-state index contributed by atoms with van der Waals surface area (Å²) in [5.41, 5.74) is -0.404. The SMILES string of the molecule is CC(OP(=O)(F)C[N+](=O)[O-])C(C)(C)C. The van der Waals surface area contributed by atoms with Crippen LogP contribution in [0.4, 0.5) is 4.20 Å². The van der Waals surface area contributed by atoms with Crippen LogP contribution in [0.3, 0.4) is 0 Å². The molecule has 14 heavy (non-hydrogen) atoms. The lowest BCUT2D eigenvalue weighted by molar-refractivity contribution is -0.461. The molecule has 2 atom stereocenters. The molecule has 0 aromatic rings. The Bertz CT molecular complexity index is 263. The summed E-state index contributed by atoms with van der Waals surface area (Å²) >= 11 is 0. The zero-order valence-electron chi connectivity index (χ0n) is 8.69. The van der Waals surface area contributed by atoms with E-state index in [1.54, 1.807) is 20.8 Å². The molecule has 0 saturated heterocycles. The van der Waals surface area contributed by atoms with Crippen molar-refractivity contribution < 1.29 is 18.2 Å². The van der Waals surface area contributed by atoms with Crippen LogP contribution in [0.15, 0.2) is 0 Å².